The lowest BCUT2D eigenvalue weighted by atomic mass is 9.98. The number of aromatic nitrogens is 4. The monoisotopic (exact) mass is 774 g/mol. The highest BCUT2D eigenvalue weighted by Crippen LogP contribution is 2.37. The Hall–Kier alpha value is -6.74. The topological polar surface area (TPSA) is 160 Å². The van der Waals surface area contributed by atoms with Crippen LogP contribution in [0.5, 0.6) is 0 Å². The first kappa shape index (κ1) is 38.1. The number of hydrogen-bond acceptors (Lipinski definition) is 7. The molecule has 6 aromatic rings. The van der Waals surface area contributed by atoms with Crippen LogP contribution in [0.1, 0.15) is 62.4 Å². The van der Waals surface area contributed by atoms with E-state index in [-0.39, 0.29) is 36.2 Å². The maximum absolute atomic E-state index is 13.7. The number of fused-ring (bicyclic) bond motifs is 1. The summed E-state index contributed by atoms with van der Waals surface area (Å²) >= 11 is 0. The van der Waals surface area contributed by atoms with E-state index in [0.29, 0.717) is 18.7 Å². The fraction of sp³-hybridized carbons (Fsp3) is 0.304. The number of methoxy groups -OCH3 is 1. The third kappa shape index (κ3) is 7.80. The van der Waals surface area contributed by atoms with E-state index >= 15 is 0 Å². The molecular weight excluding hydrogens is 729 g/mol. The van der Waals surface area contributed by atoms with E-state index in [9.17, 15) is 19.6 Å². The van der Waals surface area contributed by atoms with Gasteiger partial charge in [0.05, 0.1) is 61.4 Å². The van der Waals surface area contributed by atoms with Crippen LogP contribution in [0.2, 0.25) is 0 Å². The van der Waals surface area contributed by atoms with Gasteiger partial charge in [-0.15, -0.1) is 0 Å². The molecular formula is C46H46N8O4. The van der Waals surface area contributed by atoms with E-state index in [4.69, 9.17) is 9.72 Å². The van der Waals surface area contributed by atoms with Gasteiger partial charge in [-0.1, -0.05) is 92.7 Å². The summed E-state index contributed by atoms with van der Waals surface area (Å²) in [4.78, 5) is 58.9. The molecule has 0 aliphatic carbocycles. The zero-order valence-electron chi connectivity index (χ0n) is 32.8. The van der Waals surface area contributed by atoms with Gasteiger partial charge < -0.3 is 29.8 Å². The number of nitrogens with zero attached hydrogens (tertiary/aromatic N) is 5. The number of rotatable bonds is 10. The van der Waals surface area contributed by atoms with Gasteiger partial charge in [-0.2, -0.15) is 5.26 Å². The molecule has 4 aromatic carbocycles. The summed E-state index contributed by atoms with van der Waals surface area (Å²) in [6.45, 7) is 4.71. The number of carbonyl (C=O) groups is 3. The Bertz CT molecular complexity index is 2480. The maximum Gasteiger partial charge on any atom is 0.407 e. The van der Waals surface area contributed by atoms with Crippen LogP contribution < -0.4 is 5.32 Å². The molecule has 2 aliphatic rings. The molecule has 2 aliphatic heterocycles. The number of carbonyl (C=O) groups excluding carboxylic acids is 3. The van der Waals surface area contributed by atoms with Crippen molar-refractivity contribution in [3.63, 3.8) is 0 Å². The van der Waals surface area contributed by atoms with Crippen LogP contribution in [-0.2, 0) is 20.7 Å². The number of amides is 3. The predicted molar refractivity (Wildman–Crippen MR) is 221 cm³/mol. The molecule has 4 atom stereocenters. The Morgan fingerprint density at radius 2 is 1.45 bits per heavy atom. The van der Waals surface area contributed by atoms with Crippen LogP contribution in [0.15, 0.2) is 103 Å². The highest BCUT2D eigenvalue weighted by atomic mass is 16.5. The number of aromatic amines is 2. The van der Waals surface area contributed by atoms with Crippen molar-refractivity contribution in [2.75, 3.05) is 20.2 Å². The van der Waals surface area contributed by atoms with Crippen molar-refractivity contribution < 1.29 is 19.1 Å². The van der Waals surface area contributed by atoms with Crippen LogP contribution in [0.25, 0.3) is 44.4 Å². The van der Waals surface area contributed by atoms with E-state index in [1.165, 1.54) is 7.11 Å². The van der Waals surface area contributed by atoms with Gasteiger partial charge in [-0.05, 0) is 70.3 Å². The van der Waals surface area contributed by atoms with E-state index in [2.05, 4.69) is 80.9 Å². The summed E-state index contributed by atoms with van der Waals surface area (Å²) in [5.41, 5.74) is 6.91. The lowest BCUT2D eigenvalue weighted by molar-refractivity contribution is -0.135. The predicted octanol–water partition coefficient (Wildman–Crippen LogP) is 7.99. The fourth-order valence-electron chi connectivity index (χ4n) is 8.27. The molecule has 294 valence electrons. The van der Waals surface area contributed by atoms with Crippen LogP contribution in [0.3, 0.4) is 0 Å². The molecule has 12 nitrogen and oxygen atoms in total. The van der Waals surface area contributed by atoms with E-state index < -0.39 is 18.2 Å². The Kier molecular flexibility index (Phi) is 10.8. The standard InChI is InChI=1S/C46H46N8O4/c1-28(2)42(52-46(57)58-3)45(56)54-27-30(24-47)20-40(54)44-49-26-38(51-44)36-18-17-34-22-33(15-16-35(34)23-36)31-11-13-32(14-12-31)37-25-48-43(50-37)39-10-7-19-53(39)41(55)21-29-8-5-4-6-9-29/h4-6,8-9,11-18,22-23,25-26,28,30,39-40,42H,7,10,19-21,27H2,1-3H3,(H,48,50)(H,49,51)(H,52,57)/t30-,39-,40-,42-/m0/s1. The molecule has 0 spiro atoms. The van der Waals surface area contributed by atoms with Crippen LogP contribution in [0, 0.1) is 23.2 Å². The minimum atomic E-state index is -0.799. The Morgan fingerprint density at radius 3 is 2.12 bits per heavy atom. The second kappa shape index (κ2) is 16.4. The zero-order chi connectivity index (χ0) is 40.3. The highest BCUT2D eigenvalue weighted by molar-refractivity contribution is 5.91. The van der Waals surface area contributed by atoms with Crippen molar-refractivity contribution in [3.05, 3.63) is 121 Å². The molecule has 2 saturated heterocycles. The molecule has 8 rings (SSSR count). The number of imidazole rings is 2. The van der Waals surface area contributed by atoms with Gasteiger partial charge in [-0.3, -0.25) is 9.59 Å². The third-order valence-corrected chi connectivity index (χ3v) is 11.4. The summed E-state index contributed by atoms with van der Waals surface area (Å²) in [5.74, 6) is 0.740. The number of H-pyrrole nitrogens is 2. The minimum absolute atomic E-state index is 0.0518. The van der Waals surface area contributed by atoms with Gasteiger partial charge in [0.2, 0.25) is 11.8 Å². The molecule has 0 radical (unpaired) electrons. The lowest BCUT2D eigenvalue weighted by Crippen LogP contribution is -2.51. The first-order valence-corrected chi connectivity index (χ1v) is 19.8. The van der Waals surface area contributed by atoms with Gasteiger partial charge >= 0.3 is 6.09 Å². The Balaban J connectivity index is 0.950. The number of benzene rings is 4. The highest BCUT2D eigenvalue weighted by Gasteiger charge is 2.41. The lowest BCUT2D eigenvalue weighted by Gasteiger charge is -2.29. The van der Waals surface area contributed by atoms with Crippen molar-refractivity contribution in [1.29, 1.82) is 5.26 Å². The normalized spacial score (nSPS) is 18.4. The van der Waals surface area contributed by atoms with Gasteiger partial charge in [0.1, 0.15) is 17.7 Å². The van der Waals surface area contributed by atoms with Gasteiger partial charge in [0, 0.05) is 18.7 Å². The average molecular weight is 775 g/mol. The van der Waals surface area contributed by atoms with Gasteiger partial charge in [0.15, 0.2) is 0 Å². The number of likely N-dealkylation sites (tertiary alicyclic amines) is 2. The summed E-state index contributed by atoms with van der Waals surface area (Å²) in [6, 6.07) is 32.0. The quantitative estimate of drug-likeness (QED) is 0.127. The van der Waals surface area contributed by atoms with Crippen molar-refractivity contribution >= 4 is 28.7 Å². The third-order valence-electron chi connectivity index (χ3n) is 11.4. The molecule has 3 N–H and O–H groups in total. The van der Waals surface area contributed by atoms with Crippen LogP contribution >= 0.6 is 0 Å². The van der Waals surface area contributed by atoms with Crippen molar-refractivity contribution in [1.82, 2.24) is 35.1 Å². The van der Waals surface area contributed by atoms with Crippen LogP contribution in [-0.4, -0.2) is 73.9 Å². The second-order valence-corrected chi connectivity index (χ2v) is 15.6. The molecule has 12 heteroatoms. The molecule has 3 amide bonds. The van der Waals surface area contributed by atoms with E-state index in [0.717, 1.165) is 75.2 Å². The molecule has 0 bridgehead atoms. The van der Waals surface area contributed by atoms with E-state index in [1.807, 2.05) is 61.3 Å². The minimum Gasteiger partial charge on any atom is -0.453 e. The zero-order valence-corrected chi connectivity index (χ0v) is 32.8. The maximum atomic E-state index is 13.7. The number of hydrogen-bond donors (Lipinski definition) is 3. The second-order valence-electron chi connectivity index (χ2n) is 15.6. The van der Waals surface area contributed by atoms with E-state index in [1.54, 1.807) is 11.1 Å². The SMILES string of the molecule is COC(=O)N[C@H](C(=O)N1C[C@H](C#N)C[C@H]1c1ncc(-c2ccc3cc(-c4ccc(-c5cnc([C@@H]6CCCN6C(=O)Cc6ccccc6)[nH]5)cc4)ccc3c2)[nH]1)C(C)C. The Morgan fingerprint density at radius 1 is 0.828 bits per heavy atom. The summed E-state index contributed by atoms with van der Waals surface area (Å²) in [6.07, 6.45) is 5.63. The molecule has 2 aromatic heterocycles. The van der Waals surface area contributed by atoms with Crippen molar-refractivity contribution in [3.8, 4) is 39.7 Å². The Labute approximate surface area is 337 Å². The molecule has 0 unspecified atom stereocenters. The summed E-state index contributed by atoms with van der Waals surface area (Å²) < 4.78 is 4.76. The van der Waals surface area contributed by atoms with Crippen molar-refractivity contribution in [2.45, 2.75) is 57.7 Å². The number of ether oxygens (including phenoxy) is 1. The molecule has 2 fully saturated rings. The molecule has 58 heavy (non-hydrogen) atoms. The average Bonchev–Trinajstić information content (AvgIpc) is 4.09. The number of nitriles is 1. The fourth-order valence-corrected chi connectivity index (χ4v) is 8.27. The van der Waals surface area contributed by atoms with Crippen molar-refractivity contribution in [2.24, 2.45) is 11.8 Å². The van der Waals surface area contributed by atoms with Gasteiger partial charge in [-0.25, -0.2) is 14.8 Å². The first-order chi connectivity index (χ1) is 28.2. The molecule has 4 heterocycles. The molecule has 0 saturated carbocycles. The first-order valence-electron chi connectivity index (χ1n) is 19.8. The smallest absolute Gasteiger partial charge is 0.407 e. The van der Waals surface area contributed by atoms with Crippen LogP contribution in [0.4, 0.5) is 4.79 Å². The number of nitrogens with one attached hydrogen (secondary N) is 3. The largest absolute Gasteiger partial charge is 0.453 e. The number of alkyl carbamates (subject to hydrolysis) is 1. The summed E-state index contributed by atoms with van der Waals surface area (Å²) in [5, 5.41) is 14.6. The summed E-state index contributed by atoms with van der Waals surface area (Å²) in [7, 11) is 1.26. The van der Waals surface area contributed by atoms with Gasteiger partial charge in [0.25, 0.3) is 0 Å².